The van der Waals surface area contributed by atoms with E-state index < -0.39 is 38.9 Å². The lowest BCUT2D eigenvalue weighted by Crippen LogP contribution is -2.26. The molecule has 1 aliphatic carbocycles. The molecule has 1 aliphatic rings. The third kappa shape index (κ3) is 3.40. The summed E-state index contributed by atoms with van der Waals surface area (Å²) in [7, 11) is -6.52. The second kappa shape index (κ2) is 7.28. The third-order valence-electron chi connectivity index (χ3n) is 3.84. The van der Waals surface area contributed by atoms with E-state index in [1.54, 1.807) is 32.2 Å². The van der Waals surface area contributed by atoms with E-state index in [1.165, 1.54) is 0 Å². The first-order chi connectivity index (χ1) is 10.8. The minimum atomic E-state index is -3.65. The summed E-state index contributed by atoms with van der Waals surface area (Å²) in [6, 6.07) is 7.22. The summed E-state index contributed by atoms with van der Waals surface area (Å²) >= 11 is 0. The first-order valence-corrected chi connectivity index (χ1v) is 11.8. The van der Waals surface area contributed by atoms with Crippen LogP contribution in [-0.4, -0.2) is 37.6 Å². The number of rotatable bonds is 8. The molecule has 1 aromatic rings. The lowest BCUT2D eigenvalue weighted by molar-refractivity contribution is 0.216. The van der Waals surface area contributed by atoms with Crippen molar-refractivity contribution in [3.8, 4) is 0 Å². The van der Waals surface area contributed by atoms with Gasteiger partial charge in [-0.15, -0.1) is 0 Å². The summed E-state index contributed by atoms with van der Waals surface area (Å²) in [6.07, 6.45) is 1.86. The molecule has 23 heavy (non-hydrogen) atoms. The van der Waals surface area contributed by atoms with Gasteiger partial charge < -0.3 is 9.05 Å². The Labute approximate surface area is 142 Å². The Morgan fingerprint density at radius 2 is 1.70 bits per heavy atom. The molecule has 0 unspecified atom stereocenters. The molecule has 0 radical (unpaired) electrons. The molecular formula is C15H23O5PS2. The molecule has 1 aromatic carbocycles. The fourth-order valence-corrected chi connectivity index (χ4v) is 10.1. The van der Waals surface area contributed by atoms with Crippen LogP contribution in [0.15, 0.2) is 29.2 Å². The van der Waals surface area contributed by atoms with Crippen molar-refractivity contribution >= 4 is 29.2 Å². The summed E-state index contributed by atoms with van der Waals surface area (Å²) in [5, 5.41) is -0.450. The fraction of sp³-hybridized carbons (Fsp3) is 0.600. The Hall–Kier alpha value is -0.330. The van der Waals surface area contributed by atoms with Gasteiger partial charge in [-0.3, -0.25) is 13.0 Å². The Bertz CT molecular complexity index is 650. The molecule has 0 saturated heterocycles. The normalized spacial score (nSPS) is 26.7. The maximum absolute atomic E-state index is 13.3. The standard InChI is InChI=1S/C15H23O5PS2/c1-5-19-21(16,20-6-2)15(11-14(15)22(4)17)23(18)13-9-7-12(3)8-10-13/h7-10,14H,5-6,11H2,1-4H3/t14-,15-,22-,23-/m0/s1. The van der Waals surface area contributed by atoms with Gasteiger partial charge in [-0.2, -0.15) is 0 Å². The van der Waals surface area contributed by atoms with Crippen LogP contribution in [0.2, 0.25) is 0 Å². The monoisotopic (exact) mass is 378 g/mol. The highest BCUT2D eigenvalue weighted by Crippen LogP contribution is 2.74. The molecule has 0 amide bonds. The zero-order chi connectivity index (χ0) is 17.3. The molecule has 0 aliphatic heterocycles. The average molecular weight is 378 g/mol. The molecule has 4 atom stereocenters. The predicted molar refractivity (Wildman–Crippen MR) is 93.6 cm³/mol. The van der Waals surface area contributed by atoms with Gasteiger partial charge in [0.25, 0.3) is 0 Å². The van der Waals surface area contributed by atoms with Crippen molar-refractivity contribution < 1.29 is 22.0 Å². The van der Waals surface area contributed by atoms with Gasteiger partial charge in [0.15, 0.2) is 4.49 Å². The van der Waals surface area contributed by atoms with Crippen LogP contribution in [0.25, 0.3) is 0 Å². The number of hydrogen-bond acceptors (Lipinski definition) is 5. The molecule has 5 nitrogen and oxygen atoms in total. The molecule has 0 aromatic heterocycles. The number of hydrogen-bond donors (Lipinski definition) is 0. The van der Waals surface area contributed by atoms with Gasteiger partial charge in [-0.25, -0.2) is 0 Å². The van der Waals surface area contributed by atoms with Crippen LogP contribution in [-0.2, 0) is 35.2 Å². The van der Waals surface area contributed by atoms with Crippen LogP contribution in [0.3, 0.4) is 0 Å². The maximum atomic E-state index is 13.3. The lowest BCUT2D eigenvalue weighted by atomic mass is 10.2. The number of benzene rings is 1. The van der Waals surface area contributed by atoms with Gasteiger partial charge in [0.05, 0.1) is 29.3 Å². The summed E-state index contributed by atoms with van der Waals surface area (Å²) in [5.74, 6) is 0. The van der Waals surface area contributed by atoms with Crippen molar-refractivity contribution in [2.75, 3.05) is 19.5 Å². The zero-order valence-electron chi connectivity index (χ0n) is 13.8. The van der Waals surface area contributed by atoms with Crippen molar-refractivity contribution in [3.05, 3.63) is 29.8 Å². The van der Waals surface area contributed by atoms with E-state index in [1.807, 2.05) is 19.1 Å². The minimum Gasteiger partial charge on any atom is -0.308 e. The van der Waals surface area contributed by atoms with Gasteiger partial charge in [0, 0.05) is 22.0 Å². The van der Waals surface area contributed by atoms with E-state index in [2.05, 4.69) is 0 Å². The molecule has 1 saturated carbocycles. The van der Waals surface area contributed by atoms with E-state index in [0.717, 1.165) is 5.56 Å². The number of aryl methyl sites for hydroxylation is 1. The van der Waals surface area contributed by atoms with Gasteiger partial charge in [0.1, 0.15) is 0 Å². The smallest absolute Gasteiger partial charge is 0.308 e. The van der Waals surface area contributed by atoms with Crippen LogP contribution >= 0.6 is 7.60 Å². The van der Waals surface area contributed by atoms with Crippen LogP contribution in [0.4, 0.5) is 0 Å². The van der Waals surface area contributed by atoms with Gasteiger partial charge >= 0.3 is 7.60 Å². The Morgan fingerprint density at radius 1 is 1.17 bits per heavy atom. The van der Waals surface area contributed by atoms with E-state index in [4.69, 9.17) is 9.05 Å². The highest BCUT2D eigenvalue weighted by molar-refractivity contribution is 7.98. The van der Waals surface area contributed by atoms with Crippen LogP contribution in [0.1, 0.15) is 25.8 Å². The molecular weight excluding hydrogens is 355 g/mol. The van der Waals surface area contributed by atoms with Crippen LogP contribution in [0, 0.1) is 6.92 Å². The molecule has 130 valence electrons. The Kier molecular flexibility index (Phi) is 6.01. The summed E-state index contributed by atoms with van der Waals surface area (Å²) in [5.41, 5.74) is 1.05. The Balaban J connectivity index is 2.48. The molecule has 0 heterocycles. The fourth-order valence-electron chi connectivity index (χ4n) is 2.63. The van der Waals surface area contributed by atoms with Gasteiger partial charge in [0.2, 0.25) is 0 Å². The van der Waals surface area contributed by atoms with Crippen molar-refractivity contribution in [2.24, 2.45) is 0 Å². The minimum absolute atomic E-state index is 0.188. The van der Waals surface area contributed by atoms with Gasteiger partial charge in [-0.05, 0) is 39.3 Å². The van der Waals surface area contributed by atoms with Crippen LogP contribution < -0.4 is 0 Å². The van der Waals surface area contributed by atoms with Crippen molar-refractivity contribution in [1.82, 2.24) is 0 Å². The quantitative estimate of drug-likeness (QED) is 0.650. The van der Waals surface area contributed by atoms with E-state index in [9.17, 15) is 13.0 Å². The Morgan fingerprint density at radius 3 is 2.09 bits per heavy atom. The third-order valence-corrected chi connectivity index (χ3v) is 11.1. The molecule has 0 spiro atoms. The van der Waals surface area contributed by atoms with E-state index >= 15 is 0 Å². The van der Waals surface area contributed by atoms with Crippen LogP contribution in [0.5, 0.6) is 0 Å². The summed E-state index contributed by atoms with van der Waals surface area (Å²) < 4.78 is 48.2. The molecule has 2 rings (SSSR count). The highest BCUT2D eigenvalue weighted by atomic mass is 32.2. The first kappa shape index (κ1) is 19.0. The van der Waals surface area contributed by atoms with Gasteiger partial charge in [-0.1, -0.05) is 17.7 Å². The van der Waals surface area contributed by atoms with E-state index in [0.29, 0.717) is 11.3 Å². The maximum Gasteiger partial charge on any atom is 0.350 e. The second-order valence-corrected chi connectivity index (χ2v) is 11.4. The van der Waals surface area contributed by atoms with Crippen molar-refractivity contribution in [3.63, 3.8) is 0 Å². The second-order valence-electron chi connectivity index (χ2n) is 5.45. The highest BCUT2D eigenvalue weighted by Gasteiger charge is 2.74. The summed E-state index contributed by atoms with van der Waals surface area (Å²) in [6.45, 7) is 5.75. The molecule has 0 N–H and O–H groups in total. The van der Waals surface area contributed by atoms with E-state index in [-0.39, 0.29) is 13.2 Å². The topological polar surface area (TPSA) is 69.7 Å². The summed E-state index contributed by atoms with van der Waals surface area (Å²) in [4.78, 5) is 0.559. The molecule has 0 bridgehead atoms. The average Bonchev–Trinajstić information content (AvgIpc) is 3.25. The largest absolute Gasteiger partial charge is 0.350 e. The zero-order valence-corrected chi connectivity index (χ0v) is 16.3. The van der Waals surface area contributed by atoms with Crippen molar-refractivity contribution in [1.29, 1.82) is 0 Å². The lowest BCUT2D eigenvalue weighted by Gasteiger charge is -2.26. The predicted octanol–water partition coefficient (Wildman–Crippen LogP) is 3.22. The van der Waals surface area contributed by atoms with Crippen molar-refractivity contribution in [2.45, 2.75) is 41.8 Å². The molecule has 1 fully saturated rings. The SMILES string of the molecule is CCOP(=O)(OCC)[C@]1([S@@](=O)c2ccc(C)cc2)C[C@@H]1[S@](C)=O. The first-order valence-electron chi connectivity index (χ1n) is 7.52. The molecule has 8 heteroatoms.